The highest BCUT2D eigenvalue weighted by atomic mass is 35.5. The smallest absolute Gasteiger partial charge is 0.164 e. The first-order valence-corrected chi connectivity index (χ1v) is 7.08. The van der Waals surface area contributed by atoms with Crippen LogP contribution < -0.4 is 0 Å². The molecule has 0 bridgehead atoms. The zero-order valence-electron chi connectivity index (χ0n) is 11.4. The Kier molecular flexibility index (Phi) is 4.97. The molecule has 1 aliphatic heterocycles. The second kappa shape index (κ2) is 6.51. The van der Waals surface area contributed by atoms with Gasteiger partial charge in [0.15, 0.2) is 5.78 Å². The van der Waals surface area contributed by atoms with Crippen LogP contribution >= 0.6 is 11.6 Å². The van der Waals surface area contributed by atoms with E-state index in [-0.39, 0.29) is 11.9 Å². The molecule has 0 radical (unpaired) electrons. The van der Waals surface area contributed by atoms with Crippen LogP contribution in [0.25, 0.3) is 0 Å². The van der Waals surface area contributed by atoms with Gasteiger partial charge in [-0.2, -0.15) is 0 Å². The number of carbonyl (C=O) groups is 1. The molecule has 0 spiro atoms. The summed E-state index contributed by atoms with van der Waals surface area (Å²) in [5.41, 5.74) is 0.696. The molecule has 4 heteroatoms. The van der Waals surface area contributed by atoms with Gasteiger partial charge in [-0.3, -0.25) is 9.69 Å². The molecule has 0 aliphatic carbocycles. The van der Waals surface area contributed by atoms with Gasteiger partial charge >= 0.3 is 0 Å². The van der Waals surface area contributed by atoms with Crippen molar-refractivity contribution in [1.29, 1.82) is 0 Å². The molecule has 1 heterocycles. The van der Waals surface area contributed by atoms with Gasteiger partial charge in [-0.15, -0.1) is 0 Å². The second-order valence-electron chi connectivity index (χ2n) is 5.17. The van der Waals surface area contributed by atoms with Gasteiger partial charge in [0, 0.05) is 36.1 Å². The van der Waals surface area contributed by atoms with Crippen LogP contribution in [0.15, 0.2) is 24.3 Å². The van der Waals surface area contributed by atoms with Gasteiger partial charge in [0.05, 0.1) is 12.7 Å². The molecule has 19 heavy (non-hydrogen) atoms. The summed E-state index contributed by atoms with van der Waals surface area (Å²) >= 11 is 5.90. The highest BCUT2D eigenvalue weighted by molar-refractivity contribution is 6.31. The van der Waals surface area contributed by atoms with Crippen molar-refractivity contribution < 1.29 is 9.53 Å². The maximum atomic E-state index is 12.1. The van der Waals surface area contributed by atoms with Gasteiger partial charge in [0.25, 0.3) is 0 Å². The minimum Gasteiger partial charge on any atom is -0.376 e. The Morgan fingerprint density at radius 1 is 1.47 bits per heavy atom. The molecule has 1 fully saturated rings. The first-order chi connectivity index (χ1) is 9.06. The van der Waals surface area contributed by atoms with E-state index in [4.69, 9.17) is 16.3 Å². The number of ketones is 1. The molecule has 1 saturated heterocycles. The average molecular weight is 282 g/mol. The maximum Gasteiger partial charge on any atom is 0.164 e. The fourth-order valence-corrected chi connectivity index (χ4v) is 2.53. The summed E-state index contributed by atoms with van der Waals surface area (Å²) in [4.78, 5) is 14.4. The normalized spacial score (nSPS) is 24.4. The third kappa shape index (κ3) is 4.03. The number of nitrogens with zero attached hydrogens (tertiary/aromatic N) is 1. The average Bonchev–Trinajstić information content (AvgIpc) is 2.39. The third-order valence-corrected chi connectivity index (χ3v) is 3.74. The molecule has 3 nitrogen and oxygen atoms in total. The van der Waals surface area contributed by atoms with E-state index in [1.165, 1.54) is 0 Å². The lowest BCUT2D eigenvalue weighted by Crippen LogP contribution is -2.47. The third-order valence-electron chi connectivity index (χ3n) is 3.51. The van der Waals surface area contributed by atoms with Crippen molar-refractivity contribution in [2.75, 3.05) is 19.7 Å². The first kappa shape index (κ1) is 14.5. The van der Waals surface area contributed by atoms with Gasteiger partial charge < -0.3 is 4.74 Å². The number of halogens is 1. The van der Waals surface area contributed by atoms with Gasteiger partial charge in [0.1, 0.15) is 0 Å². The summed E-state index contributed by atoms with van der Waals surface area (Å²) in [5, 5.41) is 0.610. The Morgan fingerprint density at radius 3 is 3.00 bits per heavy atom. The molecule has 2 atom stereocenters. The van der Waals surface area contributed by atoms with Crippen molar-refractivity contribution in [3.05, 3.63) is 34.9 Å². The maximum absolute atomic E-state index is 12.1. The molecule has 1 aromatic rings. The Balaban J connectivity index is 1.89. The first-order valence-electron chi connectivity index (χ1n) is 6.70. The lowest BCUT2D eigenvalue weighted by molar-refractivity contribution is -0.0488. The van der Waals surface area contributed by atoms with Crippen molar-refractivity contribution >= 4 is 17.4 Å². The molecule has 1 aliphatic rings. The van der Waals surface area contributed by atoms with Crippen molar-refractivity contribution in [2.24, 2.45) is 0 Å². The predicted octanol–water partition coefficient (Wildman–Crippen LogP) is 3.02. The van der Waals surface area contributed by atoms with Crippen molar-refractivity contribution in [3.8, 4) is 0 Å². The summed E-state index contributed by atoms with van der Waals surface area (Å²) < 4.78 is 5.58. The number of carbonyl (C=O) groups excluding carboxylic acids is 1. The Hall–Kier alpha value is -0.900. The lowest BCUT2D eigenvalue weighted by Gasteiger charge is -2.36. The van der Waals surface area contributed by atoms with E-state index in [2.05, 4.69) is 18.7 Å². The molecule has 0 saturated carbocycles. The SMILES string of the molecule is CC1CN(CCC(=O)c2cccc(Cl)c2)C(C)CO1. The monoisotopic (exact) mass is 281 g/mol. The summed E-state index contributed by atoms with van der Waals surface area (Å²) in [6, 6.07) is 7.52. The van der Waals surface area contributed by atoms with Crippen LogP contribution in [0.2, 0.25) is 5.02 Å². The number of Topliss-reactive ketones (excluding diaryl/α,β-unsaturated/α-hetero) is 1. The number of rotatable bonds is 4. The molecule has 0 N–H and O–H groups in total. The summed E-state index contributed by atoms with van der Waals surface area (Å²) in [6.07, 6.45) is 0.773. The Morgan fingerprint density at radius 2 is 2.26 bits per heavy atom. The molecular weight excluding hydrogens is 262 g/mol. The van der Waals surface area contributed by atoms with E-state index in [0.717, 1.165) is 19.7 Å². The Labute approximate surface area is 119 Å². The van der Waals surface area contributed by atoms with Crippen LogP contribution in [-0.4, -0.2) is 42.5 Å². The topological polar surface area (TPSA) is 29.5 Å². The largest absolute Gasteiger partial charge is 0.376 e. The van der Waals surface area contributed by atoms with E-state index in [9.17, 15) is 4.79 Å². The van der Waals surface area contributed by atoms with Crippen molar-refractivity contribution in [2.45, 2.75) is 32.4 Å². The summed E-state index contributed by atoms with van der Waals surface area (Å²) in [6.45, 7) is 6.62. The zero-order valence-corrected chi connectivity index (χ0v) is 12.2. The number of hydrogen-bond donors (Lipinski definition) is 0. The number of ether oxygens (including phenoxy) is 1. The summed E-state index contributed by atoms with van der Waals surface area (Å²) in [5.74, 6) is 0.147. The van der Waals surface area contributed by atoms with Gasteiger partial charge in [-0.1, -0.05) is 23.7 Å². The van der Waals surface area contributed by atoms with Gasteiger partial charge in [-0.25, -0.2) is 0 Å². The number of hydrogen-bond acceptors (Lipinski definition) is 3. The van der Waals surface area contributed by atoms with Crippen LogP contribution in [0, 0.1) is 0 Å². The molecule has 1 aromatic carbocycles. The molecule has 2 unspecified atom stereocenters. The highest BCUT2D eigenvalue weighted by Gasteiger charge is 2.23. The van der Waals surface area contributed by atoms with Crippen LogP contribution in [0.5, 0.6) is 0 Å². The molecule has 2 rings (SSSR count). The lowest BCUT2D eigenvalue weighted by atomic mass is 10.1. The fourth-order valence-electron chi connectivity index (χ4n) is 2.33. The fraction of sp³-hybridized carbons (Fsp3) is 0.533. The molecule has 0 amide bonds. The van der Waals surface area contributed by atoms with E-state index in [1.807, 2.05) is 12.1 Å². The Bertz CT molecular complexity index is 450. The van der Waals surface area contributed by atoms with E-state index in [0.29, 0.717) is 23.0 Å². The van der Waals surface area contributed by atoms with E-state index < -0.39 is 0 Å². The molecular formula is C15H20ClNO2. The second-order valence-corrected chi connectivity index (χ2v) is 5.61. The highest BCUT2D eigenvalue weighted by Crippen LogP contribution is 2.15. The predicted molar refractivity (Wildman–Crippen MR) is 76.8 cm³/mol. The van der Waals surface area contributed by atoms with Crippen LogP contribution in [0.3, 0.4) is 0 Å². The minimum atomic E-state index is 0.147. The standard InChI is InChI=1S/C15H20ClNO2/c1-11-10-19-12(2)9-17(11)7-6-15(18)13-4-3-5-14(16)8-13/h3-5,8,11-12H,6-7,9-10H2,1-2H3. The van der Waals surface area contributed by atoms with Crippen molar-refractivity contribution in [1.82, 2.24) is 4.90 Å². The zero-order chi connectivity index (χ0) is 13.8. The van der Waals surface area contributed by atoms with E-state index >= 15 is 0 Å². The number of benzene rings is 1. The molecule has 0 aromatic heterocycles. The van der Waals surface area contributed by atoms with Crippen molar-refractivity contribution in [3.63, 3.8) is 0 Å². The van der Waals surface area contributed by atoms with Gasteiger partial charge in [-0.05, 0) is 26.0 Å². The van der Waals surface area contributed by atoms with Gasteiger partial charge in [0.2, 0.25) is 0 Å². The van der Waals surface area contributed by atoms with Crippen LogP contribution in [0.1, 0.15) is 30.6 Å². The summed E-state index contributed by atoms with van der Waals surface area (Å²) in [7, 11) is 0. The quantitative estimate of drug-likeness (QED) is 0.795. The number of morpholine rings is 1. The van der Waals surface area contributed by atoms with Crippen LogP contribution in [0.4, 0.5) is 0 Å². The van der Waals surface area contributed by atoms with E-state index in [1.54, 1.807) is 12.1 Å². The molecule has 104 valence electrons. The van der Waals surface area contributed by atoms with Crippen LogP contribution in [-0.2, 0) is 4.74 Å². The minimum absolute atomic E-state index is 0.147.